The molecule has 7 heteroatoms. The molecule has 29 heavy (non-hydrogen) atoms. The van der Waals surface area contributed by atoms with Gasteiger partial charge < -0.3 is 25.4 Å². The number of ether oxygens (including phenoxy) is 1. The number of carboxylic acid groups (broad SMARTS) is 1. The molecule has 7 nitrogen and oxygen atoms in total. The van der Waals surface area contributed by atoms with Gasteiger partial charge in [0.25, 0.3) is 0 Å². The number of benzene rings is 2. The van der Waals surface area contributed by atoms with Gasteiger partial charge in [0.15, 0.2) is 0 Å². The summed E-state index contributed by atoms with van der Waals surface area (Å²) in [7, 11) is 0. The Hall–Kier alpha value is -2.90. The molecular formula is C22H29N3O4. The van der Waals surface area contributed by atoms with E-state index in [0.717, 1.165) is 25.4 Å². The molecular weight excluding hydrogens is 370 g/mol. The van der Waals surface area contributed by atoms with Crippen LogP contribution in [0.5, 0.6) is 11.5 Å². The SMILES string of the molecule is CCN(CC)CCN[C@H](CC(=O)Nc1ccc(Oc2ccccc2)cc1)C(=O)O. The molecule has 0 aromatic heterocycles. The van der Waals surface area contributed by atoms with E-state index in [1.165, 1.54) is 0 Å². The van der Waals surface area contributed by atoms with Gasteiger partial charge in [-0.05, 0) is 49.5 Å². The lowest BCUT2D eigenvalue weighted by Crippen LogP contribution is -2.43. The second-order valence-electron chi connectivity index (χ2n) is 6.56. The van der Waals surface area contributed by atoms with E-state index in [4.69, 9.17) is 4.74 Å². The average molecular weight is 399 g/mol. The Morgan fingerprint density at radius 2 is 1.62 bits per heavy atom. The van der Waals surface area contributed by atoms with Crippen LogP contribution in [0.15, 0.2) is 54.6 Å². The Morgan fingerprint density at radius 3 is 2.21 bits per heavy atom. The number of nitrogens with zero attached hydrogens (tertiary/aromatic N) is 1. The van der Waals surface area contributed by atoms with Crippen molar-refractivity contribution in [1.29, 1.82) is 0 Å². The van der Waals surface area contributed by atoms with Crippen LogP contribution < -0.4 is 15.4 Å². The van der Waals surface area contributed by atoms with Gasteiger partial charge in [-0.3, -0.25) is 9.59 Å². The van der Waals surface area contributed by atoms with Crippen molar-refractivity contribution >= 4 is 17.6 Å². The third-order valence-corrected chi connectivity index (χ3v) is 4.52. The first-order chi connectivity index (χ1) is 14.0. The van der Waals surface area contributed by atoms with Gasteiger partial charge >= 0.3 is 5.97 Å². The van der Waals surface area contributed by atoms with Crippen molar-refractivity contribution in [2.75, 3.05) is 31.5 Å². The molecule has 1 amide bonds. The van der Waals surface area contributed by atoms with E-state index in [0.29, 0.717) is 18.0 Å². The van der Waals surface area contributed by atoms with Crippen LogP contribution in [0.3, 0.4) is 0 Å². The highest BCUT2D eigenvalue weighted by atomic mass is 16.5. The Balaban J connectivity index is 1.83. The van der Waals surface area contributed by atoms with Gasteiger partial charge in [0.05, 0.1) is 6.42 Å². The highest BCUT2D eigenvalue weighted by Gasteiger charge is 2.20. The fourth-order valence-electron chi connectivity index (χ4n) is 2.81. The van der Waals surface area contributed by atoms with Gasteiger partial charge in [0, 0.05) is 18.8 Å². The number of likely N-dealkylation sites (N-methyl/N-ethyl adjacent to an activating group) is 1. The molecule has 2 aromatic rings. The summed E-state index contributed by atoms with van der Waals surface area (Å²) in [6, 6.07) is 15.4. The zero-order chi connectivity index (χ0) is 21.1. The number of carboxylic acids is 1. The Morgan fingerprint density at radius 1 is 1.00 bits per heavy atom. The van der Waals surface area contributed by atoms with Crippen LogP contribution in [-0.4, -0.2) is 54.1 Å². The van der Waals surface area contributed by atoms with Crippen LogP contribution in [0.2, 0.25) is 0 Å². The van der Waals surface area contributed by atoms with Crippen molar-refractivity contribution in [2.45, 2.75) is 26.3 Å². The van der Waals surface area contributed by atoms with Crippen LogP contribution >= 0.6 is 0 Å². The largest absolute Gasteiger partial charge is 0.480 e. The number of carbonyl (C=O) groups is 2. The van der Waals surface area contributed by atoms with Crippen LogP contribution in [0.25, 0.3) is 0 Å². The van der Waals surface area contributed by atoms with E-state index in [9.17, 15) is 14.7 Å². The number of rotatable bonds is 12. The Labute approximate surface area is 171 Å². The van der Waals surface area contributed by atoms with E-state index in [-0.39, 0.29) is 12.3 Å². The molecule has 0 unspecified atom stereocenters. The standard InChI is InChI=1S/C22H29N3O4/c1-3-25(4-2)15-14-23-20(22(27)28)16-21(26)24-17-10-12-19(13-11-17)29-18-8-6-5-7-9-18/h5-13,20,23H,3-4,14-16H2,1-2H3,(H,24,26)(H,27,28)/t20-/m1/s1. The van der Waals surface area contributed by atoms with Gasteiger partial charge in [0.1, 0.15) is 17.5 Å². The molecule has 3 N–H and O–H groups in total. The monoisotopic (exact) mass is 399 g/mol. The summed E-state index contributed by atoms with van der Waals surface area (Å²) >= 11 is 0. The Kier molecular flexibility index (Phi) is 9.14. The first-order valence-electron chi connectivity index (χ1n) is 9.83. The van der Waals surface area contributed by atoms with Gasteiger partial charge in [-0.2, -0.15) is 0 Å². The van der Waals surface area contributed by atoms with Crippen molar-refractivity contribution in [3.63, 3.8) is 0 Å². The quantitative estimate of drug-likeness (QED) is 0.508. The first-order valence-corrected chi connectivity index (χ1v) is 9.83. The highest BCUT2D eigenvalue weighted by Crippen LogP contribution is 2.22. The predicted molar refractivity (Wildman–Crippen MR) is 113 cm³/mol. The lowest BCUT2D eigenvalue weighted by Gasteiger charge is -2.20. The van der Waals surface area contributed by atoms with Gasteiger partial charge in [-0.1, -0.05) is 32.0 Å². The van der Waals surface area contributed by atoms with Crippen molar-refractivity contribution < 1.29 is 19.4 Å². The van der Waals surface area contributed by atoms with E-state index < -0.39 is 12.0 Å². The van der Waals surface area contributed by atoms with E-state index in [2.05, 4.69) is 29.4 Å². The summed E-state index contributed by atoms with van der Waals surface area (Å²) in [5.41, 5.74) is 0.586. The number of carbonyl (C=O) groups excluding carboxylic acids is 1. The minimum atomic E-state index is -1.04. The lowest BCUT2D eigenvalue weighted by molar-refractivity contribution is -0.141. The van der Waals surface area contributed by atoms with Gasteiger partial charge in [-0.15, -0.1) is 0 Å². The molecule has 2 rings (SSSR count). The minimum absolute atomic E-state index is 0.143. The van der Waals surface area contributed by atoms with Crippen LogP contribution in [0.1, 0.15) is 20.3 Å². The summed E-state index contributed by atoms with van der Waals surface area (Å²) in [6.07, 6.45) is -0.143. The zero-order valence-corrected chi connectivity index (χ0v) is 16.9. The molecule has 0 heterocycles. The molecule has 0 spiro atoms. The predicted octanol–water partition coefficient (Wildman–Crippen LogP) is 3.19. The molecule has 1 atom stereocenters. The van der Waals surface area contributed by atoms with Crippen molar-refractivity contribution in [3.05, 3.63) is 54.6 Å². The molecule has 0 aliphatic rings. The van der Waals surface area contributed by atoms with Crippen molar-refractivity contribution in [3.8, 4) is 11.5 Å². The minimum Gasteiger partial charge on any atom is -0.480 e. The third-order valence-electron chi connectivity index (χ3n) is 4.52. The molecule has 0 aliphatic heterocycles. The summed E-state index contributed by atoms with van der Waals surface area (Å²) in [4.78, 5) is 25.9. The number of hydrogen-bond acceptors (Lipinski definition) is 5. The number of nitrogens with one attached hydrogen (secondary N) is 2. The van der Waals surface area contributed by atoms with Crippen molar-refractivity contribution in [2.24, 2.45) is 0 Å². The highest BCUT2D eigenvalue weighted by molar-refractivity contribution is 5.94. The maximum Gasteiger partial charge on any atom is 0.321 e. The van der Waals surface area contributed by atoms with E-state index in [1.54, 1.807) is 24.3 Å². The van der Waals surface area contributed by atoms with E-state index >= 15 is 0 Å². The molecule has 0 aliphatic carbocycles. The number of para-hydroxylation sites is 1. The van der Waals surface area contributed by atoms with Crippen LogP contribution in [0.4, 0.5) is 5.69 Å². The maximum atomic E-state index is 12.3. The normalized spacial score (nSPS) is 11.8. The fourth-order valence-corrected chi connectivity index (χ4v) is 2.81. The molecule has 0 radical (unpaired) electrons. The third kappa shape index (κ3) is 7.93. The number of aliphatic carboxylic acids is 1. The van der Waals surface area contributed by atoms with Crippen molar-refractivity contribution in [1.82, 2.24) is 10.2 Å². The average Bonchev–Trinajstić information content (AvgIpc) is 2.72. The number of hydrogen-bond donors (Lipinski definition) is 3. The lowest BCUT2D eigenvalue weighted by atomic mass is 10.2. The summed E-state index contributed by atoms with van der Waals surface area (Å²) < 4.78 is 5.71. The molecule has 2 aromatic carbocycles. The van der Waals surface area contributed by atoms with Gasteiger partial charge in [-0.25, -0.2) is 0 Å². The first kappa shape index (κ1) is 22.4. The summed E-state index contributed by atoms with van der Waals surface area (Å²) in [6.45, 7) is 7.17. The maximum absolute atomic E-state index is 12.3. The molecule has 0 bridgehead atoms. The fraction of sp³-hybridized carbons (Fsp3) is 0.364. The zero-order valence-electron chi connectivity index (χ0n) is 16.9. The van der Waals surface area contributed by atoms with Gasteiger partial charge in [0.2, 0.25) is 5.91 Å². The van der Waals surface area contributed by atoms with Crippen LogP contribution in [-0.2, 0) is 9.59 Å². The summed E-state index contributed by atoms with van der Waals surface area (Å²) in [5, 5.41) is 15.1. The topological polar surface area (TPSA) is 90.9 Å². The second kappa shape index (κ2) is 11.8. The number of amides is 1. The van der Waals surface area contributed by atoms with Crippen LogP contribution in [0, 0.1) is 0 Å². The Bertz CT molecular complexity index is 761. The number of anilines is 1. The smallest absolute Gasteiger partial charge is 0.321 e. The molecule has 0 fully saturated rings. The second-order valence-corrected chi connectivity index (χ2v) is 6.56. The van der Waals surface area contributed by atoms with E-state index in [1.807, 2.05) is 30.3 Å². The molecule has 0 saturated carbocycles. The summed E-state index contributed by atoms with van der Waals surface area (Å²) in [5.74, 6) is -0.0178. The molecule has 156 valence electrons. The molecule has 0 saturated heterocycles.